The van der Waals surface area contributed by atoms with Crippen LogP contribution < -0.4 is 5.32 Å². The van der Waals surface area contributed by atoms with Gasteiger partial charge >= 0.3 is 0 Å². The normalized spacial score (nSPS) is 11.6. The monoisotopic (exact) mass is 422 g/mol. The first kappa shape index (κ1) is 21.0. The van der Waals surface area contributed by atoms with Crippen LogP contribution in [0.15, 0.2) is 78.9 Å². The Morgan fingerprint density at radius 2 is 1.72 bits per heavy atom. The van der Waals surface area contributed by atoms with Crippen LogP contribution in [-0.4, -0.2) is 20.8 Å². The Balaban J connectivity index is 1.60. The Morgan fingerprint density at radius 3 is 2.47 bits per heavy atom. The highest BCUT2D eigenvalue weighted by atomic mass is 16.3. The predicted octanol–water partition coefficient (Wildman–Crippen LogP) is 5.37. The van der Waals surface area contributed by atoms with Crippen molar-refractivity contribution in [2.75, 3.05) is 5.32 Å². The number of benzene rings is 3. The number of rotatable bonds is 5. The molecule has 1 heterocycles. The van der Waals surface area contributed by atoms with Crippen LogP contribution in [0, 0.1) is 20.4 Å². The van der Waals surface area contributed by atoms with Crippen molar-refractivity contribution in [2.24, 2.45) is 0 Å². The van der Waals surface area contributed by atoms with E-state index in [4.69, 9.17) is 6.57 Å². The van der Waals surface area contributed by atoms with Crippen molar-refractivity contribution < 1.29 is 9.90 Å². The lowest BCUT2D eigenvalue weighted by atomic mass is 9.99. The third-order valence-corrected chi connectivity index (χ3v) is 5.09. The Hall–Kier alpha value is -4.21. The molecule has 6 nitrogen and oxygen atoms in total. The van der Waals surface area contributed by atoms with Crippen LogP contribution in [-0.2, 0) is 0 Å². The number of hydrogen-bond acceptors (Lipinski definition) is 3. The number of hydrogen-bond donors (Lipinski definition) is 2. The SMILES string of the molecule is [C-]#[N+]c1cccc(-n2nc(C)cc2C(=O)Nc2cccc(C(O)c3cccc(C)c3)c2)c1. The number of amides is 1. The number of aliphatic hydroxyl groups excluding tert-OH is 1. The molecule has 0 radical (unpaired) electrons. The second-order valence-electron chi connectivity index (χ2n) is 7.61. The van der Waals surface area contributed by atoms with Crippen molar-refractivity contribution >= 4 is 17.3 Å². The van der Waals surface area contributed by atoms with Crippen LogP contribution >= 0.6 is 0 Å². The molecule has 0 saturated heterocycles. The average Bonchev–Trinajstić information content (AvgIpc) is 3.20. The summed E-state index contributed by atoms with van der Waals surface area (Å²) >= 11 is 0. The maximum Gasteiger partial charge on any atom is 0.274 e. The Labute approximate surface area is 186 Å². The molecule has 6 heteroatoms. The van der Waals surface area contributed by atoms with Gasteiger partial charge in [-0.2, -0.15) is 5.10 Å². The lowest BCUT2D eigenvalue weighted by Gasteiger charge is -2.14. The van der Waals surface area contributed by atoms with E-state index in [1.165, 1.54) is 4.68 Å². The van der Waals surface area contributed by atoms with Gasteiger partial charge in [-0.3, -0.25) is 4.79 Å². The third-order valence-electron chi connectivity index (χ3n) is 5.09. The van der Waals surface area contributed by atoms with Gasteiger partial charge < -0.3 is 10.4 Å². The van der Waals surface area contributed by atoms with E-state index < -0.39 is 6.10 Å². The summed E-state index contributed by atoms with van der Waals surface area (Å²) in [5.41, 5.74) is 5.27. The smallest absolute Gasteiger partial charge is 0.274 e. The van der Waals surface area contributed by atoms with Crippen LogP contribution in [0.1, 0.15) is 39.0 Å². The molecular weight excluding hydrogens is 400 g/mol. The highest BCUT2D eigenvalue weighted by molar-refractivity contribution is 6.03. The molecule has 0 saturated carbocycles. The van der Waals surface area contributed by atoms with Gasteiger partial charge in [0.25, 0.3) is 5.91 Å². The van der Waals surface area contributed by atoms with Gasteiger partial charge in [-0.05, 0) is 55.3 Å². The number of anilines is 1. The molecule has 0 bridgehead atoms. The van der Waals surface area contributed by atoms with Crippen LogP contribution in [0.4, 0.5) is 11.4 Å². The minimum Gasteiger partial charge on any atom is -0.384 e. The van der Waals surface area contributed by atoms with E-state index in [1.807, 2.05) is 44.2 Å². The maximum atomic E-state index is 13.1. The Bertz CT molecular complexity index is 1330. The average molecular weight is 422 g/mol. The standard InChI is InChI=1S/C26H22N4O2/c1-17-7-4-8-19(13-17)25(31)20-9-5-11-22(15-20)28-26(32)24-14-18(2)29-30(24)23-12-6-10-21(16-23)27-3/h4-16,25,31H,1-2H3,(H,28,32). The fraction of sp³-hybridized carbons (Fsp3) is 0.115. The summed E-state index contributed by atoms with van der Waals surface area (Å²) in [7, 11) is 0. The summed E-state index contributed by atoms with van der Waals surface area (Å²) in [5.74, 6) is -0.332. The van der Waals surface area contributed by atoms with Crippen LogP contribution in [0.2, 0.25) is 0 Å². The van der Waals surface area contributed by atoms with E-state index in [0.717, 1.165) is 11.1 Å². The molecule has 1 amide bonds. The van der Waals surface area contributed by atoms with Crippen molar-refractivity contribution in [2.45, 2.75) is 20.0 Å². The summed E-state index contributed by atoms with van der Waals surface area (Å²) in [4.78, 5) is 16.5. The van der Waals surface area contributed by atoms with E-state index in [1.54, 1.807) is 48.5 Å². The summed E-state index contributed by atoms with van der Waals surface area (Å²) in [6, 6.07) is 23.5. The van der Waals surface area contributed by atoms with Crippen molar-refractivity contribution in [3.05, 3.63) is 118 Å². The number of nitrogens with one attached hydrogen (secondary N) is 1. The zero-order chi connectivity index (χ0) is 22.7. The van der Waals surface area contributed by atoms with E-state index in [-0.39, 0.29) is 5.91 Å². The number of aromatic nitrogens is 2. The van der Waals surface area contributed by atoms with Gasteiger partial charge in [-0.25, -0.2) is 9.53 Å². The maximum absolute atomic E-state index is 13.1. The summed E-state index contributed by atoms with van der Waals surface area (Å²) in [6.45, 7) is 11.0. The van der Waals surface area contributed by atoms with Crippen molar-refractivity contribution in [3.8, 4) is 5.69 Å². The number of carbonyl (C=O) groups excluding carboxylic acids is 1. The second-order valence-corrected chi connectivity index (χ2v) is 7.61. The van der Waals surface area contributed by atoms with Gasteiger partial charge in [0.15, 0.2) is 5.69 Å². The quantitative estimate of drug-likeness (QED) is 0.425. The van der Waals surface area contributed by atoms with E-state index in [9.17, 15) is 9.90 Å². The van der Waals surface area contributed by atoms with Gasteiger partial charge in [-0.15, -0.1) is 0 Å². The van der Waals surface area contributed by atoms with Crippen molar-refractivity contribution in [1.29, 1.82) is 0 Å². The fourth-order valence-corrected chi connectivity index (χ4v) is 3.57. The third kappa shape index (κ3) is 4.43. The molecule has 2 N–H and O–H groups in total. The minimum atomic E-state index is -0.795. The zero-order valence-corrected chi connectivity index (χ0v) is 17.8. The molecule has 0 aliphatic rings. The van der Waals surface area contributed by atoms with Crippen molar-refractivity contribution in [1.82, 2.24) is 9.78 Å². The number of carbonyl (C=O) groups is 1. The summed E-state index contributed by atoms with van der Waals surface area (Å²) in [5, 5.41) is 18.1. The highest BCUT2D eigenvalue weighted by Gasteiger charge is 2.17. The molecule has 158 valence electrons. The van der Waals surface area contributed by atoms with Crippen molar-refractivity contribution in [3.63, 3.8) is 0 Å². The van der Waals surface area contributed by atoms with E-state index in [0.29, 0.717) is 34.0 Å². The molecule has 1 aromatic heterocycles. The van der Waals surface area contributed by atoms with Crippen LogP contribution in [0.25, 0.3) is 10.5 Å². The first-order chi connectivity index (χ1) is 15.4. The lowest BCUT2D eigenvalue weighted by Crippen LogP contribution is -2.17. The topological polar surface area (TPSA) is 71.5 Å². The number of aryl methyl sites for hydroxylation is 2. The minimum absolute atomic E-state index is 0.332. The first-order valence-electron chi connectivity index (χ1n) is 10.1. The molecule has 4 aromatic rings. The number of aliphatic hydroxyl groups is 1. The molecule has 1 unspecified atom stereocenters. The first-order valence-corrected chi connectivity index (χ1v) is 10.1. The zero-order valence-electron chi connectivity index (χ0n) is 17.8. The molecule has 3 aromatic carbocycles. The Kier molecular flexibility index (Phi) is 5.84. The molecule has 0 aliphatic carbocycles. The molecule has 0 spiro atoms. The second kappa shape index (κ2) is 8.88. The highest BCUT2D eigenvalue weighted by Crippen LogP contribution is 2.25. The molecule has 0 aliphatic heterocycles. The summed E-state index contributed by atoms with van der Waals surface area (Å²) < 4.78 is 1.53. The van der Waals surface area contributed by atoms with Gasteiger partial charge in [-0.1, -0.05) is 54.1 Å². The molecule has 4 rings (SSSR count). The van der Waals surface area contributed by atoms with Crippen LogP contribution in [0.5, 0.6) is 0 Å². The molecule has 0 fully saturated rings. The van der Waals surface area contributed by atoms with Crippen LogP contribution in [0.3, 0.4) is 0 Å². The fourth-order valence-electron chi connectivity index (χ4n) is 3.57. The van der Waals surface area contributed by atoms with E-state index in [2.05, 4.69) is 15.3 Å². The van der Waals surface area contributed by atoms with Gasteiger partial charge in [0.1, 0.15) is 11.8 Å². The van der Waals surface area contributed by atoms with Gasteiger partial charge in [0.2, 0.25) is 0 Å². The number of nitrogens with zero attached hydrogens (tertiary/aromatic N) is 3. The molecule has 1 atom stereocenters. The predicted molar refractivity (Wildman–Crippen MR) is 124 cm³/mol. The molecular formula is C26H22N4O2. The summed E-state index contributed by atoms with van der Waals surface area (Å²) in [6.07, 6.45) is -0.795. The lowest BCUT2D eigenvalue weighted by molar-refractivity contribution is 0.101. The van der Waals surface area contributed by atoms with E-state index >= 15 is 0 Å². The largest absolute Gasteiger partial charge is 0.384 e. The Morgan fingerprint density at radius 1 is 1.00 bits per heavy atom. The molecule has 32 heavy (non-hydrogen) atoms. The van der Waals surface area contributed by atoms with Gasteiger partial charge in [0.05, 0.1) is 18.0 Å². The van der Waals surface area contributed by atoms with Gasteiger partial charge in [0, 0.05) is 5.69 Å².